The Hall–Kier alpha value is -1.04. The zero-order valence-corrected chi connectivity index (χ0v) is 8.60. The third-order valence-corrected chi connectivity index (χ3v) is 1.64. The van der Waals surface area contributed by atoms with E-state index < -0.39 is 11.9 Å². The van der Waals surface area contributed by atoms with E-state index in [1.807, 2.05) is 0 Å². The molecule has 0 fully saturated rings. The molecule has 1 unspecified atom stereocenters. The number of nitrogens with one attached hydrogen (secondary N) is 1. The van der Waals surface area contributed by atoms with Crippen LogP contribution >= 0.6 is 11.6 Å². The molecule has 1 atom stereocenters. The van der Waals surface area contributed by atoms with E-state index in [0.29, 0.717) is 6.54 Å². The zero-order valence-electron chi connectivity index (χ0n) is 7.85. The average Bonchev–Trinajstić information content (AvgIpc) is 2.14. The van der Waals surface area contributed by atoms with Gasteiger partial charge in [-0.2, -0.15) is 13.2 Å². The second kappa shape index (κ2) is 4.65. The lowest BCUT2D eigenvalue weighted by atomic mass is 10.4. The van der Waals surface area contributed by atoms with Gasteiger partial charge in [-0.25, -0.2) is 9.97 Å². The lowest BCUT2D eigenvalue weighted by molar-refractivity contribution is -0.141. The Morgan fingerprint density at radius 1 is 1.53 bits per heavy atom. The van der Waals surface area contributed by atoms with E-state index in [2.05, 4.69) is 15.3 Å². The van der Waals surface area contributed by atoms with Crippen LogP contribution in [-0.4, -0.2) is 21.9 Å². The molecule has 15 heavy (non-hydrogen) atoms. The predicted octanol–water partition coefficient (Wildman–Crippen LogP) is 2.53. The number of aromatic nitrogens is 2. The highest BCUT2D eigenvalue weighted by molar-refractivity contribution is 6.20. The monoisotopic (exact) mass is 239 g/mol. The second-order valence-electron chi connectivity index (χ2n) is 2.92. The Morgan fingerprint density at radius 2 is 2.20 bits per heavy atom. The molecule has 0 radical (unpaired) electrons. The quantitative estimate of drug-likeness (QED) is 0.824. The van der Waals surface area contributed by atoms with Gasteiger partial charge in [-0.1, -0.05) is 0 Å². The number of rotatable bonds is 3. The molecule has 0 aliphatic carbocycles. The molecule has 0 amide bonds. The SMILES string of the molecule is CC(Cl)CNc1nccc(C(F)(F)F)n1. The Kier molecular flexibility index (Phi) is 3.73. The molecule has 0 aromatic carbocycles. The molecular weight excluding hydrogens is 231 g/mol. The van der Waals surface area contributed by atoms with Crippen molar-refractivity contribution in [1.29, 1.82) is 0 Å². The standard InChI is InChI=1S/C8H9ClF3N3/c1-5(9)4-14-7-13-3-2-6(15-7)8(10,11)12/h2-3,5H,4H2,1H3,(H,13,14,15). The molecule has 1 N–H and O–H groups in total. The first-order chi connectivity index (χ1) is 6.89. The van der Waals surface area contributed by atoms with Gasteiger partial charge in [-0.15, -0.1) is 11.6 Å². The zero-order chi connectivity index (χ0) is 11.5. The number of hydrogen-bond acceptors (Lipinski definition) is 3. The van der Waals surface area contributed by atoms with Crippen LogP contribution in [0.3, 0.4) is 0 Å². The summed E-state index contributed by atoms with van der Waals surface area (Å²) in [5, 5.41) is 2.40. The van der Waals surface area contributed by atoms with Crippen LogP contribution in [0.5, 0.6) is 0 Å². The lowest BCUT2D eigenvalue weighted by Crippen LogP contribution is -2.15. The Bertz CT molecular complexity index is 327. The molecule has 0 spiro atoms. The number of alkyl halides is 4. The molecular formula is C8H9ClF3N3. The minimum absolute atomic E-state index is 0.0719. The van der Waals surface area contributed by atoms with E-state index in [1.165, 1.54) is 0 Å². The molecule has 1 rings (SSSR count). The molecule has 3 nitrogen and oxygen atoms in total. The summed E-state index contributed by atoms with van der Waals surface area (Å²) >= 11 is 5.62. The molecule has 1 aromatic rings. The predicted molar refractivity (Wildman–Crippen MR) is 50.8 cm³/mol. The maximum absolute atomic E-state index is 12.2. The van der Waals surface area contributed by atoms with Gasteiger partial charge >= 0.3 is 6.18 Å². The third-order valence-electron chi connectivity index (χ3n) is 1.49. The van der Waals surface area contributed by atoms with Crippen molar-refractivity contribution in [3.8, 4) is 0 Å². The summed E-state index contributed by atoms with van der Waals surface area (Å²) in [6, 6.07) is 0.815. The van der Waals surface area contributed by atoms with Crippen LogP contribution in [0.2, 0.25) is 0 Å². The molecule has 1 aromatic heterocycles. The van der Waals surface area contributed by atoms with Crippen LogP contribution in [0, 0.1) is 0 Å². The highest BCUT2D eigenvalue weighted by Crippen LogP contribution is 2.27. The lowest BCUT2D eigenvalue weighted by Gasteiger charge is -2.08. The number of hydrogen-bond donors (Lipinski definition) is 1. The third kappa shape index (κ3) is 3.91. The summed E-state index contributed by atoms with van der Waals surface area (Å²) in [5.74, 6) is -0.0719. The Labute approximate surface area is 89.7 Å². The summed E-state index contributed by atoms with van der Waals surface area (Å²) in [6.07, 6.45) is -3.40. The highest BCUT2D eigenvalue weighted by atomic mass is 35.5. The minimum atomic E-state index is -4.45. The van der Waals surface area contributed by atoms with Gasteiger partial charge in [-0.05, 0) is 13.0 Å². The van der Waals surface area contributed by atoms with Gasteiger partial charge in [0, 0.05) is 18.1 Å². The first kappa shape index (κ1) is 12.0. The summed E-state index contributed by atoms with van der Waals surface area (Å²) < 4.78 is 36.7. The van der Waals surface area contributed by atoms with Crippen molar-refractivity contribution in [3.63, 3.8) is 0 Å². The van der Waals surface area contributed by atoms with Gasteiger partial charge in [0.15, 0.2) is 0 Å². The van der Waals surface area contributed by atoms with Crippen LogP contribution < -0.4 is 5.32 Å². The van der Waals surface area contributed by atoms with E-state index in [1.54, 1.807) is 6.92 Å². The average molecular weight is 240 g/mol. The van der Waals surface area contributed by atoms with Crippen molar-refractivity contribution in [2.75, 3.05) is 11.9 Å². The van der Waals surface area contributed by atoms with Gasteiger partial charge in [0.05, 0.1) is 0 Å². The van der Waals surface area contributed by atoms with Crippen LogP contribution in [0.15, 0.2) is 12.3 Å². The fourth-order valence-corrected chi connectivity index (χ4v) is 0.911. The summed E-state index contributed by atoms with van der Waals surface area (Å²) in [4.78, 5) is 6.95. The van der Waals surface area contributed by atoms with Crippen LogP contribution in [0.4, 0.5) is 19.1 Å². The summed E-state index contributed by atoms with van der Waals surface area (Å²) in [7, 11) is 0. The molecule has 0 bridgehead atoms. The topological polar surface area (TPSA) is 37.8 Å². The van der Waals surface area contributed by atoms with Crippen molar-refractivity contribution in [2.45, 2.75) is 18.5 Å². The minimum Gasteiger partial charge on any atom is -0.353 e. The molecule has 0 aliphatic rings. The van der Waals surface area contributed by atoms with Crippen molar-refractivity contribution >= 4 is 17.5 Å². The van der Waals surface area contributed by atoms with Crippen molar-refractivity contribution in [3.05, 3.63) is 18.0 Å². The maximum Gasteiger partial charge on any atom is 0.433 e. The second-order valence-corrected chi connectivity index (χ2v) is 3.67. The van der Waals surface area contributed by atoms with Crippen molar-refractivity contribution in [2.24, 2.45) is 0 Å². The molecule has 1 heterocycles. The molecule has 0 saturated carbocycles. The Balaban J connectivity index is 2.75. The van der Waals surface area contributed by atoms with Gasteiger partial charge in [0.25, 0.3) is 0 Å². The van der Waals surface area contributed by atoms with E-state index in [-0.39, 0.29) is 11.3 Å². The number of anilines is 1. The van der Waals surface area contributed by atoms with E-state index in [9.17, 15) is 13.2 Å². The van der Waals surface area contributed by atoms with Gasteiger partial charge in [0.1, 0.15) is 5.69 Å². The fourth-order valence-electron chi connectivity index (χ4n) is 0.834. The highest BCUT2D eigenvalue weighted by Gasteiger charge is 2.32. The number of halogens is 4. The smallest absolute Gasteiger partial charge is 0.353 e. The van der Waals surface area contributed by atoms with Crippen LogP contribution in [0.25, 0.3) is 0 Å². The summed E-state index contributed by atoms with van der Waals surface area (Å²) in [5.41, 5.74) is -0.970. The van der Waals surface area contributed by atoms with Crippen molar-refractivity contribution < 1.29 is 13.2 Å². The fraction of sp³-hybridized carbons (Fsp3) is 0.500. The van der Waals surface area contributed by atoms with Gasteiger partial charge in [-0.3, -0.25) is 0 Å². The first-order valence-electron chi connectivity index (χ1n) is 4.18. The van der Waals surface area contributed by atoms with Crippen LogP contribution in [-0.2, 0) is 6.18 Å². The normalized spacial score (nSPS) is 13.7. The maximum atomic E-state index is 12.2. The molecule has 7 heteroatoms. The van der Waals surface area contributed by atoms with E-state index >= 15 is 0 Å². The van der Waals surface area contributed by atoms with Gasteiger partial charge in [0.2, 0.25) is 5.95 Å². The van der Waals surface area contributed by atoms with Crippen LogP contribution in [0.1, 0.15) is 12.6 Å². The van der Waals surface area contributed by atoms with E-state index in [4.69, 9.17) is 11.6 Å². The molecule has 0 aliphatic heterocycles. The van der Waals surface area contributed by atoms with Crippen molar-refractivity contribution in [1.82, 2.24) is 9.97 Å². The first-order valence-corrected chi connectivity index (χ1v) is 4.61. The largest absolute Gasteiger partial charge is 0.433 e. The molecule has 84 valence electrons. The number of nitrogens with zero attached hydrogens (tertiary/aromatic N) is 2. The Morgan fingerprint density at radius 3 is 2.73 bits per heavy atom. The van der Waals surface area contributed by atoms with Gasteiger partial charge < -0.3 is 5.32 Å². The summed E-state index contributed by atoms with van der Waals surface area (Å²) in [6.45, 7) is 2.02. The molecule has 0 saturated heterocycles. The van der Waals surface area contributed by atoms with E-state index in [0.717, 1.165) is 12.3 Å².